The van der Waals surface area contributed by atoms with E-state index < -0.39 is 0 Å². The molecule has 0 bridgehead atoms. The lowest BCUT2D eigenvalue weighted by atomic mass is 10.2. The van der Waals surface area contributed by atoms with Gasteiger partial charge in [0.25, 0.3) is 0 Å². The summed E-state index contributed by atoms with van der Waals surface area (Å²) < 4.78 is 18.6. The number of benzene rings is 1. The van der Waals surface area contributed by atoms with Gasteiger partial charge in [0.1, 0.15) is 18.2 Å². The molecule has 3 nitrogen and oxygen atoms in total. The summed E-state index contributed by atoms with van der Waals surface area (Å²) in [5.41, 5.74) is 1.88. The predicted octanol–water partition coefficient (Wildman–Crippen LogP) is 2.91. The number of aromatic nitrogens is 1. The molecule has 0 aliphatic rings. The average Bonchev–Trinajstić information content (AvgIpc) is 2.43. The number of rotatable bonds is 6. The van der Waals surface area contributed by atoms with Crippen LogP contribution in [0.15, 0.2) is 42.7 Å². The normalized spacial score (nSPS) is 10.4. The highest BCUT2D eigenvalue weighted by Gasteiger charge is 2.00. The molecule has 0 radical (unpaired) electrons. The molecule has 0 aliphatic heterocycles. The first-order valence-corrected chi connectivity index (χ1v) is 6.30. The number of pyridine rings is 1. The largest absolute Gasteiger partial charge is 0.489 e. The maximum atomic E-state index is 13.0. The maximum Gasteiger partial charge on any atom is 0.141 e. The fourth-order valence-electron chi connectivity index (χ4n) is 1.72. The highest BCUT2D eigenvalue weighted by Crippen LogP contribution is 2.15. The van der Waals surface area contributed by atoms with Crippen LogP contribution in [0.1, 0.15) is 18.1 Å². The van der Waals surface area contributed by atoms with Crippen molar-refractivity contribution < 1.29 is 9.13 Å². The molecule has 1 N–H and O–H groups in total. The highest BCUT2D eigenvalue weighted by molar-refractivity contribution is 5.28. The molecule has 0 amide bonds. The first kappa shape index (κ1) is 13.5. The fourth-order valence-corrected chi connectivity index (χ4v) is 1.72. The van der Waals surface area contributed by atoms with Gasteiger partial charge in [0.05, 0.1) is 6.20 Å². The lowest BCUT2D eigenvalue weighted by molar-refractivity contribution is 0.304. The Morgan fingerprint density at radius 1 is 1.21 bits per heavy atom. The van der Waals surface area contributed by atoms with E-state index in [1.165, 1.54) is 12.3 Å². The molecule has 0 aliphatic carbocycles. The number of hydrogen-bond acceptors (Lipinski definition) is 3. The molecule has 1 aromatic heterocycles. The highest BCUT2D eigenvalue weighted by atomic mass is 19.1. The third kappa shape index (κ3) is 4.34. The molecule has 100 valence electrons. The molecule has 1 aromatic carbocycles. The number of hydrogen-bond donors (Lipinski definition) is 1. The van der Waals surface area contributed by atoms with Crippen molar-refractivity contribution in [3.63, 3.8) is 0 Å². The topological polar surface area (TPSA) is 34.1 Å². The Labute approximate surface area is 112 Å². The van der Waals surface area contributed by atoms with Gasteiger partial charge in [-0.15, -0.1) is 0 Å². The van der Waals surface area contributed by atoms with E-state index in [1.807, 2.05) is 24.3 Å². The Hall–Kier alpha value is -1.94. The van der Waals surface area contributed by atoms with Crippen molar-refractivity contribution in [2.24, 2.45) is 0 Å². The van der Waals surface area contributed by atoms with Crippen molar-refractivity contribution in [3.8, 4) is 5.75 Å². The summed E-state index contributed by atoms with van der Waals surface area (Å²) in [6.07, 6.45) is 2.78. The summed E-state index contributed by atoms with van der Waals surface area (Å²) in [5, 5.41) is 3.26. The molecule has 0 fully saturated rings. The lowest BCUT2D eigenvalue weighted by Gasteiger charge is -2.08. The second-order valence-corrected chi connectivity index (χ2v) is 4.23. The van der Waals surface area contributed by atoms with Gasteiger partial charge in [0.15, 0.2) is 0 Å². The van der Waals surface area contributed by atoms with Crippen molar-refractivity contribution in [2.75, 3.05) is 6.54 Å². The van der Waals surface area contributed by atoms with Crippen molar-refractivity contribution in [1.29, 1.82) is 0 Å². The molecule has 0 atom stereocenters. The zero-order chi connectivity index (χ0) is 13.5. The molecule has 0 saturated carbocycles. The number of nitrogens with one attached hydrogen (secondary N) is 1. The Balaban J connectivity index is 1.95. The van der Waals surface area contributed by atoms with Gasteiger partial charge >= 0.3 is 0 Å². The standard InChI is InChI=1S/C15H17FN2O/c1-2-17-8-12-4-3-5-15(7-12)19-11-13-6-14(16)10-18-9-13/h3-7,9-10,17H,2,8,11H2,1H3. The SMILES string of the molecule is CCNCc1cccc(OCc2cncc(F)c2)c1. The van der Waals surface area contributed by atoms with E-state index in [4.69, 9.17) is 4.74 Å². The van der Waals surface area contributed by atoms with Crippen LogP contribution in [0.4, 0.5) is 4.39 Å². The van der Waals surface area contributed by atoms with Gasteiger partial charge < -0.3 is 10.1 Å². The summed E-state index contributed by atoms with van der Waals surface area (Å²) in [6.45, 7) is 4.13. The Bertz CT molecular complexity index is 531. The zero-order valence-electron chi connectivity index (χ0n) is 10.9. The molecule has 2 aromatic rings. The van der Waals surface area contributed by atoms with Gasteiger partial charge in [-0.1, -0.05) is 19.1 Å². The van der Waals surface area contributed by atoms with Crippen molar-refractivity contribution >= 4 is 0 Å². The molecule has 0 unspecified atom stereocenters. The van der Waals surface area contributed by atoms with Crippen LogP contribution >= 0.6 is 0 Å². The first-order chi connectivity index (χ1) is 9.28. The second kappa shape index (κ2) is 6.85. The number of nitrogens with zero attached hydrogens (tertiary/aromatic N) is 1. The monoisotopic (exact) mass is 260 g/mol. The Morgan fingerprint density at radius 3 is 2.89 bits per heavy atom. The lowest BCUT2D eigenvalue weighted by Crippen LogP contribution is -2.11. The van der Waals surface area contributed by atoms with E-state index in [0.29, 0.717) is 6.61 Å². The minimum atomic E-state index is -0.345. The maximum absolute atomic E-state index is 13.0. The molecule has 0 saturated heterocycles. The molecule has 19 heavy (non-hydrogen) atoms. The van der Waals surface area contributed by atoms with Crippen LogP contribution in [0.25, 0.3) is 0 Å². The van der Waals surface area contributed by atoms with Crippen LogP contribution < -0.4 is 10.1 Å². The molecule has 0 spiro atoms. The van der Waals surface area contributed by atoms with Gasteiger partial charge in [-0.2, -0.15) is 0 Å². The van der Waals surface area contributed by atoms with Gasteiger partial charge in [0.2, 0.25) is 0 Å². The van der Waals surface area contributed by atoms with E-state index in [-0.39, 0.29) is 5.82 Å². The molecular formula is C15H17FN2O. The number of ether oxygens (including phenoxy) is 1. The van der Waals surface area contributed by atoms with Crippen LogP contribution in [0.2, 0.25) is 0 Å². The molecular weight excluding hydrogens is 243 g/mol. The fraction of sp³-hybridized carbons (Fsp3) is 0.267. The summed E-state index contributed by atoms with van der Waals surface area (Å²) in [4.78, 5) is 3.79. The van der Waals surface area contributed by atoms with E-state index in [1.54, 1.807) is 6.20 Å². The number of halogens is 1. The Kier molecular flexibility index (Phi) is 4.86. The third-order valence-corrected chi connectivity index (χ3v) is 2.64. The minimum absolute atomic E-state index is 0.315. The second-order valence-electron chi connectivity index (χ2n) is 4.23. The van der Waals surface area contributed by atoms with Crippen LogP contribution in [0, 0.1) is 5.82 Å². The van der Waals surface area contributed by atoms with Gasteiger partial charge in [-0.25, -0.2) is 4.39 Å². The van der Waals surface area contributed by atoms with E-state index in [2.05, 4.69) is 17.2 Å². The average molecular weight is 260 g/mol. The smallest absolute Gasteiger partial charge is 0.141 e. The van der Waals surface area contributed by atoms with Crippen molar-refractivity contribution in [3.05, 3.63) is 59.7 Å². The van der Waals surface area contributed by atoms with Crippen molar-refractivity contribution in [1.82, 2.24) is 10.3 Å². The van der Waals surface area contributed by atoms with Crippen LogP contribution in [-0.2, 0) is 13.2 Å². The minimum Gasteiger partial charge on any atom is -0.489 e. The third-order valence-electron chi connectivity index (χ3n) is 2.64. The van der Waals surface area contributed by atoms with E-state index in [0.717, 1.165) is 30.0 Å². The summed E-state index contributed by atoms with van der Waals surface area (Å²) >= 11 is 0. The Morgan fingerprint density at radius 2 is 2.11 bits per heavy atom. The quantitative estimate of drug-likeness (QED) is 0.867. The van der Waals surface area contributed by atoms with Crippen LogP contribution in [-0.4, -0.2) is 11.5 Å². The summed E-state index contributed by atoms with van der Waals surface area (Å²) in [6, 6.07) is 9.29. The predicted molar refractivity (Wildman–Crippen MR) is 72.3 cm³/mol. The summed E-state index contributed by atoms with van der Waals surface area (Å²) in [5.74, 6) is 0.432. The zero-order valence-corrected chi connectivity index (χ0v) is 10.9. The van der Waals surface area contributed by atoms with Gasteiger partial charge in [-0.05, 0) is 30.3 Å². The molecule has 2 rings (SSSR count). The van der Waals surface area contributed by atoms with Gasteiger partial charge in [-0.3, -0.25) is 4.98 Å². The van der Waals surface area contributed by atoms with E-state index >= 15 is 0 Å². The van der Waals surface area contributed by atoms with E-state index in [9.17, 15) is 4.39 Å². The van der Waals surface area contributed by atoms with Crippen molar-refractivity contribution in [2.45, 2.75) is 20.1 Å². The molecule has 1 heterocycles. The van der Waals surface area contributed by atoms with Crippen LogP contribution in [0.3, 0.4) is 0 Å². The van der Waals surface area contributed by atoms with Gasteiger partial charge in [0, 0.05) is 18.3 Å². The van der Waals surface area contributed by atoms with Crippen LogP contribution in [0.5, 0.6) is 5.75 Å². The summed E-state index contributed by atoms with van der Waals surface area (Å²) in [7, 11) is 0. The molecule has 4 heteroatoms. The first-order valence-electron chi connectivity index (χ1n) is 6.30.